The van der Waals surface area contributed by atoms with E-state index in [0.717, 1.165) is 61.8 Å². The fraction of sp³-hybridized carbons (Fsp3) is 0.609. The number of hydrogen-bond acceptors (Lipinski definition) is 3. The average Bonchev–Trinajstić information content (AvgIpc) is 2.67. The number of hydrogen-bond donors (Lipinski definition) is 5. The number of amides is 2. The number of allylic oxidation sites excluding steroid dienone is 1. The summed E-state index contributed by atoms with van der Waals surface area (Å²) in [6.07, 6.45) is 6.24. The SMILES string of the molecule is C=C(C)c1cccc(C(C)(C)NC(=O)NCCCCCCCCNCCP(=O)(O)O)c1. The lowest BCUT2D eigenvalue weighted by atomic mass is 9.92. The second-order valence-electron chi connectivity index (χ2n) is 8.63. The Balaban J connectivity index is 2.11. The third kappa shape index (κ3) is 12.7. The van der Waals surface area contributed by atoms with Crippen molar-refractivity contribution in [1.29, 1.82) is 0 Å². The summed E-state index contributed by atoms with van der Waals surface area (Å²) in [6.45, 7) is 11.7. The van der Waals surface area contributed by atoms with Crippen LogP contribution < -0.4 is 16.0 Å². The Bertz CT molecular complexity index is 746. The van der Waals surface area contributed by atoms with Crippen molar-refractivity contribution in [2.24, 2.45) is 0 Å². The summed E-state index contributed by atoms with van der Waals surface area (Å²) in [6, 6.07) is 7.92. The van der Waals surface area contributed by atoms with Gasteiger partial charge in [0.25, 0.3) is 0 Å². The van der Waals surface area contributed by atoms with Crippen LogP contribution in [-0.4, -0.2) is 41.6 Å². The molecule has 0 aliphatic heterocycles. The van der Waals surface area contributed by atoms with Crippen molar-refractivity contribution in [2.75, 3.05) is 25.8 Å². The van der Waals surface area contributed by atoms with E-state index in [2.05, 4.69) is 28.6 Å². The maximum absolute atomic E-state index is 12.3. The number of benzene rings is 1. The van der Waals surface area contributed by atoms with E-state index in [1.165, 1.54) is 0 Å². The molecular formula is C23H40N3O4P. The molecule has 0 aliphatic rings. The standard InChI is InChI=1S/C23H40N3O4P/c1-19(2)20-12-11-13-21(18-20)23(3,4)26-22(27)25-15-10-8-6-5-7-9-14-24-16-17-31(28,29)30/h11-13,18,24H,1,5-10,14-17H2,2-4H3,(H2,25,26,27)(H2,28,29,30). The summed E-state index contributed by atoms with van der Waals surface area (Å²) in [4.78, 5) is 29.8. The molecule has 2 amide bonds. The molecule has 0 aromatic heterocycles. The summed E-state index contributed by atoms with van der Waals surface area (Å²) in [7, 11) is -3.88. The van der Waals surface area contributed by atoms with Gasteiger partial charge in [-0.25, -0.2) is 4.79 Å². The van der Waals surface area contributed by atoms with Gasteiger partial charge in [-0.05, 0) is 57.4 Å². The first-order valence-corrected chi connectivity index (χ1v) is 12.9. The molecule has 1 aromatic carbocycles. The van der Waals surface area contributed by atoms with Crippen LogP contribution in [0.1, 0.15) is 70.4 Å². The monoisotopic (exact) mass is 453 g/mol. The molecule has 5 N–H and O–H groups in total. The molecule has 31 heavy (non-hydrogen) atoms. The van der Waals surface area contributed by atoms with Crippen LogP contribution in [0.4, 0.5) is 4.79 Å². The van der Waals surface area contributed by atoms with Gasteiger partial charge in [-0.2, -0.15) is 0 Å². The zero-order valence-electron chi connectivity index (χ0n) is 19.2. The van der Waals surface area contributed by atoms with Crippen molar-refractivity contribution in [1.82, 2.24) is 16.0 Å². The summed E-state index contributed by atoms with van der Waals surface area (Å²) < 4.78 is 10.7. The Hall–Kier alpha value is -1.66. The van der Waals surface area contributed by atoms with Crippen LogP contribution in [-0.2, 0) is 10.1 Å². The number of carbonyl (C=O) groups is 1. The summed E-state index contributed by atoms with van der Waals surface area (Å²) in [5.41, 5.74) is 2.64. The molecule has 1 aromatic rings. The molecule has 0 spiro atoms. The molecular weight excluding hydrogens is 413 g/mol. The smallest absolute Gasteiger partial charge is 0.326 e. The van der Waals surface area contributed by atoms with Gasteiger partial charge in [-0.1, -0.05) is 56.0 Å². The van der Waals surface area contributed by atoms with E-state index >= 15 is 0 Å². The maximum Gasteiger partial charge on any atom is 0.326 e. The minimum atomic E-state index is -3.88. The Morgan fingerprint density at radius 1 is 1.03 bits per heavy atom. The van der Waals surface area contributed by atoms with E-state index < -0.39 is 13.1 Å². The molecule has 0 fully saturated rings. The van der Waals surface area contributed by atoms with E-state index in [1.807, 2.05) is 39.0 Å². The molecule has 0 saturated carbocycles. The van der Waals surface area contributed by atoms with Crippen LogP contribution >= 0.6 is 7.60 Å². The zero-order valence-corrected chi connectivity index (χ0v) is 20.1. The van der Waals surface area contributed by atoms with Crippen LogP contribution in [0.15, 0.2) is 30.8 Å². The van der Waals surface area contributed by atoms with E-state index in [-0.39, 0.29) is 12.2 Å². The zero-order chi connectivity index (χ0) is 23.3. The highest BCUT2D eigenvalue weighted by Gasteiger charge is 2.23. The quantitative estimate of drug-likeness (QED) is 0.200. The highest BCUT2D eigenvalue weighted by molar-refractivity contribution is 7.51. The molecule has 0 heterocycles. The number of carbonyl (C=O) groups excluding carboxylic acids is 1. The molecule has 0 unspecified atom stereocenters. The van der Waals surface area contributed by atoms with Crippen LogP contribution in [0.3, 0.4) is 0 Å². The van der Waals surface area contributed by atoms with Gasteiger partial charge >= 0.3 is 13.6 Å². The Morgan fingerprint density at radius 3 is 2.26 bits per heavy atom. The Morgan fingerprint density at radius 2 is 1.65 bits per heavy atom. The second kappa shape index (κ2) is 13.7. The van der Waals surface area contributed by atoms with Crippen molar-refractivity contribution in [3.8, 4) is 0 Å². The third-order valence-corrected chi connectivity index (χ3v) is 5.96. The van der Waals surface area contributed by atoms with Gasteiger partial charge in [0, 0.05) is 13.1 Å². The minimum absolute atomic E-state index is 0.106. The van der Waals surface area contributed by atoms with Crippen LogP contribution in [0.25, 0.3) is 5.57 Å². The predicted molar refractivity (Wildman–Crippen MR) is 128 cm³/mol. The molecule has 1 rings (SSSR count). The first-order chi connectivity index (χ1) is 14.5. The van der Waals surface area contributed by atoms with E-state index in [0.29, 0.717) is 13.1 Å². The number of rotatable bonds is 15. The van der Waals surface area contributed by atoms with Crippen molar-refractivity contribution in [2.45, 2.75) is 64.8 Å². The van der Waals surface area contributed by atoms with Gasteiger partial charge in [0.15, 0.2) is 0 Å². The first kappa shape index (κ1) is 27.4. The third-order valence-electron chi connectivity index (χ3n) is 5.15. The summed E-state index contributed by atoms with van der Waals surface area (Å²) in [5.74, 6) is 0. The minimum Gasteiger partial charge on any atom is -0.338 e. The lowest BCUT2D eigenvalue weighted by Gasteiger charge is -2.27. The molecule has 7 nitrogen and oxygen atoms in total. The van der Waals surface area contributed by atoms with Gasteiger partial charge in [0.05, 0.1) is 11.7 Å². The maximum atomic E-state index is 12.3. The fourth-order valence-corrected chi connectivity index (χ4v) is 3.66. The number of urea groups is 1. The van der Waals surface area contributed by atoms with Gasteiger partial charge in [0.2, 0.25) is 0 Å². The number of nitrogens with one attached hydrogen (secondary N) is 3. The Labute approximate surface area is 187 Å². The van der Waals surface area contributed by atoms with Crippen LogP contribution in [0, 0.1) is 0 Å². The van der Waals surface area contributed by atoms with E-state index in [4.69, 9.17) is 9.79 Å². The van der Waals surface area contributed by atoms with Gasteiger partial charge in [-0.3, -0.25) is 4.57 Å². The molecule has 0 saturated heterocycles. The van der Waals surface area contributed by atoms with E-state index in [1.54, 1.807) is 0 Å². The van der Waals surface area contributed by atoms with Crippen molar-refractivity contribution < 1.29 is 19.1 Å². The molecule has 8 heteroatoms. The average molecular weight is 454 g/mol. The first-order valence-electron chi connectivity index (χ1n) is 11.1. The topological polar surface area (TPSA) is 111 Å². The second-order valence-corrected chi connectivity index (χ2v) is 10.4. The molecule has 0 atom stereocenters. The fourth-order valence-electron chi connectivity index (χ4n) is 3.21. The van der Waals surface area contributed by atoms with Crippen molar-refractivity contribution in [3.63, 3.8) is 0 Å². The molecule has 0 aliphatic carbocycles. The van der Waals surface area contributed by atoms with Gasteiger partial charge in [0.1, 0.15) is 0 Å². The predicted octanol–water partition coefficient (Wildman–Crippen LogP) is 4.36. The summed E-state index contributed by atoms with van der Waals surface area (Å²) in [5, 5.41) is 9.04. The highest BCUT2D eigenvalue weighted by Crippen LogP contribution is 2.32. The highest BCUT2D eigenvalue weighted by atomic mass is 31.2. The van der Waals surface area contributed by atoms with Crippen molar-refractivity contribution in [3.05, 3.63) is 42.0 Å². The van der Waals surface area contributed by atoms with Gasteiger partial charge in [-0.15, -0.1) is 0 Å². The van der Waals surface area contributed by atoms with E-state index in [9.17, 15) is 9.36 Å². The summed E-state index contributed by atoms with van der Waals surface area (Å²) >= 11 is 0. The number of unbranched alkanes of at least 4 members (excludes halogenated alkanes) is 5. The molecule has 0 radical (unpaired) electrons. The lowest BCUT2D eigenvalue weighted by molar-refractivity contribution is 0.229. The molecule has 0 bridgehead atoms. The van der Waals surface area contributed by atoms with Crippen LogP contribution in [0.2, 0.25) is 0 Å². The van der Waals surface area contributed by atoms with Crippen LogP contribution in [0.5, 0.6) is 0 Å². The largest absolute Gasteiger partial charge is 0.338 e. The molecule has 176 valence electrons. The lowest BCUT2D eigenvalue weighted by Crippen LogP contribution is -2.46. The Kier molecular flexibility index (Phi) is 12.1. The van der Waals surface area contributed by atoms with Crippen molar-refractivity contribution >= 4 is 19.2 Å². The normalized spacial score (nSPS) is 11.9. The van der Waals surface area contributed by atoms with Gasteiger partial charge < -0.3 is 25.7 Å².